The van der Waals surface area contributed by atoms with Crippen molar-refractivity contribution in [2.24, 2.45) is 5.92 Å². The average molecular weight is 278 g/mol. The number of nitrogens with zero attached hydrogens (tertiary/aromatic N) is 2. The molecule has 0 spiro atoms. The quantitative estimate of drug-likeness (QED) is 0.896. The molecule has 0 aliphatic carbocycles. The molecule has 2 aromatic rings. The Morgan fingerprint density at radius 1 is 1.50 bits per heavy atom. The fourth-order valence-corrected chi connectivity index (χ4v) is 1.95. The van der Waals surface area contributed by atoms with Gasteiger partial charge in [0, 0.05) is 12.6 Å². The highest BCUT2D eigenvalue weighted by Crippen LogP contribution is 2.21. The van der Waals surface area contributed by atoms with Crippen LogP contribution in [0.15, 0.2) is 12.1 Å². The Labute approximate surface area is 117 Å². The molecule has 0 unspecified atom stereocenters. The molecule has 5 nitrogen and oxygen atoms in total. The first-order chi connectivity index (χ1) is 9.38. The van der Waals surface area contributed by atoms with Gasteiger partial charge in [0.05, 0.1) is 11.0 Å². The van der Waals surface area contributed by atoms with Crippen molar-refractivity contribution in [1.29, 1.82) is 0 Å². The Bertz CT molecular complexity index is 648. The second-order valence-electron chi connectivity index (χ2n) is 5.34. The molecule has 2 rings (SSSR count). The molecule has 0 atom stereocenters. The highest BCUT2D eigenvalue weighted by atomic mass is 19.1. The summed E-state index contributed by atoms with van der Waals surface area (Å²) in [6.45, 7) is 6.40. The van der Waals surface area contributed by atoms with Crippen molar-refractivity contribution < 1.29 is 9.18 Å². The standard InChI is InChI=1S/C14H19FN4O/c1-8(2)6-17-13(20)7-19-12-4-9(3)10(15)5-11(12)18-14(19)16/h4-5,8H,6-7H2,1-3H3,(H2,16,18)(H,17,20). The minimum Gasteiger partial charge on any atom is -0.369 e. The SMILES string of the molecule is Cc1cc2c(cc1F)nc(N)n2CC(=O)NCC(C)C. The average Bonchev–Trinajstić information content (AvgIpc) is 2.64. The number of imidazole rings is 1. The molecular formula is C14H19FN4O. The highest BCUT2D eigenvalue weighted by Gasteiger charge is 2.13. The molecule has 108 valence electrons. The van der Waals surface area contributed by atoms with E-state index in [4.69, 9.17) is 5.73 Å². The summed E-state index contributed by atoms with van der Waals surface area (Å²) in [6.07, 6.45) is 0. The Hall–Kier alpha value is -2.11. The summed E-state index contributed by atoms with van der Waals surface area (Å²) >= 11 is 0. The van der Waals surface area contributed by atoms with Crippen molar-refractivity contribution in [3.05, 3.63) is 23.5 Å². The lowest BCUT2D eigenvalue weighted by Crippen LogP contribution is -2.30. The van der Waals surface area contributed by atoms with E-state index < -0.39 is 0 Å². The van der Waals surface area contributed by atoms with Crippen molar-refractivity contribution >= 4 is 22.9 Å². The van der Waals surface area contributed by atoms with Crippen LogP contribution in [0.25, 0.3) is 11.0 Å². The molecular weight excluding hydrogens is 259 g/mol. The molecule has 6 heteroatoms. The second kappa shape index (κ2) is 5.48. The topological polar surface area (TPSA) is 72.9 Å². The monoisotopic (exact) mass is 278 g/mol. The van der Waals surface area contributed by atoms with Gasteiger partial charge < -0.3 is 15.6 Å². The maximum Gasteiger partial charge on any atom is 0.240 e. The predicted molar refractivity (Wildman–Crippen MR) is 76.7 cm³/mol. The van der Waals surface area contributed by atoms with Crippen LogP contribution in [0.1, 0.15) is 19.4 Å². The van der Waals surface area contributed by atoms with Gasteiger partial charge in [-0.2, -0.15) is 0 Å². The Morgan fingerprint density at radius 2 is 2.20 bits per heavy atom. The van der Waals surface area contributed by atoms with Crippen LogP contribution < -0.4 is 11.1 Å². The number of anilines is 1. The van der Waals surface area contributed by atoms with E-state index in [2.05, 4.69) is 10.3 Å². The van der Waals surface area contributed by atoms with Crippen LogP contribution in [0, 0.1) is 18.7 Å². The zero-order valence-corrected chi connectivity index (χ0v) is 11.9. The van der Waals surface area contributed by atoms with Gasteiger partial charge in [-0.1, -0.05) is 13.8 Å². The summed E-state index contributed by atoms with van der Waals surface area (Å²) in [4.78, 5) is 16.0. The third-order valence-electron chi connectivity index (χ3n) is 3.07. The lowest BCUT2D eigenvalue weighted by Gasteiger charge is -2.10. The maximum absolute atomic E-state index is 13.5. The summed E-state index contributed by atoms with van der Waals surface area (Å²) in [5.41, 5.74) is 7.44. The molecule has 0 bridgehead atoms. The van der Waals surface area contributed by atoms with Crippen molar-refractivity contribution in [3.63, 3.8) is 0 Å². The number of rotatable bonds is 4. The number of aryl methyl sites for hydroxylation is 1. The first kappa shape index (κ1) is 14.3. The summed E-state index contributed by atoms with van der Waals surface area (Å²) in [5.74, 6) is 0.134. The van der Waals surface area contributed by atoms with E-state index in [1.165, 1.54) is 6.07 Å². The predicted octanol–water partition coefficient (Wildman–Crippen LogP) is 1.84. The third kappa shape index (κ3) is 2.89. The van der Waals surface area contributed by atoms with Gasteiger partial charge in [0.25, 0.3) is 0 Å². The molecule has 3 N–H and O–H groups in total. The van der Waals surface area contributed by atoms with E-state index in [0.29, 0.717) is 29.1 Å². The first-order valence-electron chi connectivity index (χ1n) is 6.57. The van der Waals surface area contributed by atoms with E-state index in [0.717, 1.165) is 0 Å². The third-order valence-corrected chi connectivity index (χ3v) is 3.07. The maximum atomic E-state index is 13.5. The molecule has 0 saturated carbocycles. The molecule has 0 aliphatic rings. The fourth-order valence-electron chi connectivity index (χ4n) is 1.95. The number of halogens is 1. The van der Waals surface area contributed by atoms with Crippen LogP contribution in [0.3, 0.4) is 0 Å². The van der Waals surface area contributed by atoms with Crippen LogP contribution in [-0.4, -0.2) is 22.0 Å². The lowest BCUT2D eigenvalue weighted by molar-refractivity contribution is -0.121. The molecule has 20 heavy (non-hydrogen) atoms. The van der Waals surface area contributed by atoms with E-state index in [1.807, 2.05) is 13.8 Å². The van der Waals surface area contributed by atoms with Crippen LogP contribution in [0.4, 0.5) is 10.3 Å². The minimum atomic E-state index is -0.327. The van der Waals surface area contributed by atoms with Crippen LogP contribution in [0.5, 0.6) is 0 Å². The van der Waals surface area contributed by atoms with E-state index in [-0.39, 0.29) is 24.2 Å². The second-order valence-corrected chi connectivity index (χ2v) is 5.34. The van der Waals surface area contributed by atoms with E-state index >= 15 is 0 Å². The van der Waals surface area contributed by atoms with Gasteiger partial charge in [-0.3, -0.25) is 4.79 Å². The number of fused-ring (bicyclic) bond motifs is 1. The van der Waals surface area contributed by atoms with Gasteiger partial charge in [0.2, 0.25) is 11.9 Å². The van der Waals surface area contributed by atoms with Gasteiger partial charge in [-0.15, -0.1) is 0 Å². The fraction of sp³-hybridized carbons (Fsp3) is 0.429. The number of hydrogen-bond acceptors (Lipinski definition) is 3. The lowest BCUT2D eigenvalue weighted by atomic mass is 10.2. The molecule has 1 amide bonds. The van der Waals surface area contributed by atoms with E-state index in [9.17, 15) is 9.18 Å². The molecule has 0 fully saturated rings. The van der Waals surface area contributed by atoms with Gasteiger partial charge >= 0.3 is 0 Å². The largest absolute Gasteiger partial charge is 0.369 e. The highest BCUT2D eigenvalue weighted by molar-refractivity contribution is 5.83. The van der Waals surface area contributed by atoms with Crippen molar-refractivity contribution in [3.8, 4) is 0 Å². The number of carbonyl (C=O) groups excluding carboxylic acids is 1. The summed E-state index contributed by atoms with van der Waals surface area (Å²) in [5, 5.41) is 2.82. The Morgan fingerprint density at radius 3 is 2.85 bits per heavy atom. The van der Waals surface area contributed by atoms with Gasteiger partial charge in [0.1, 0.15) is 12.4 Å². The summed E-state index contributed by atoms with van der Waals surface area (Å²) in [6, 6.07) is 2.99. The number of carbonyl (C=O) groups is 1. The molecule has 1 aromatic carbocycles. The number of aromatic nitrogens is 2. The van der Waals surface area contributed by atoms with Gasteiger partial charge in [-0.05, 0) is 24.5 Å². The van der Waals surface area contributed by atoms with Crippen molar-refractivity contribution in [2.45, 2.75) is 27.3 Å². The summed E-state index contributed by atoms with van der Waals surface area (Å²) < 4.78 is 15.1. The van der Waals surface area contributed by atoms with Gasteiger partial charge in [-0.25, -0.2) is 9.37 Å². The van der Waals surface area contributed by atoms with Crippen molar-refractivity contribution in [1.82, 2.24) is 14.9 Å². The molecule has 0 aliphatic heterocycles. The number of amides is 1. The molecule has 1 aromatic heterocycles. The molecule has 1 heterocycles. The minimum absolute atomic E-state index is 0.0835. The number of hydrogen-bond donors (Lipinski definition) is 2. The first-order valence-corrected chi connectivity index (χ1v) is 6.57. The molecule has 0 saturated heterocycles. The zero-order chi connectivity index (χ0) is 14.9. The Kier molecular flexibility index (Phi) is 3.92. The van der Waals surface area contributed by atoms with Crippen molar-refractivity contribution in [2.75, 3.05) is 12.3 Å². The van der Waals surface area contributed by atoms with Gasteiger partial charge in [0.15, 0.2) is 0 Å². The number of benzene rings is 1. The van der Waals surface area contributed by atoms with E-state index in [1.54, 1.807) is 17.6 Å². The normalized spacial score (nSPS) is 11.2. The van der Waals surface area contributed by atoms with Crippen LogP contribution >= 0.6 is 0 Å². The summed E-state index contributed by atoms with van der Waals surface area (Å²) in [7, 11) is 0. The zero-order valence-electron chi connectivity index (χ0n) is 11.9. The number of nitrogen functional groups attached to an aromatic ring is 1. The Balaban J connectivity index is 2.27. The number of nitrogens with two attached hydrogens (primary N) is 1. The molecule has 0 radical (unpaired) electrons. The smallest absolute Gasteiger partial charge is 0.240 e. The van der Waals surface area contributed by atoms with Crippen LogP contribution in [0.2, 0.25) is 0 Å². The van der Waals surface area contributed by atoms with Crippen LogP contribution in [-0.2, 0) is 11.3 Å². The number of nitrogens with one attached hydrogen (secondary N) is 1.